The molecular formula is C24H26N2O. The van der Waals surface area contributed by atoms with E-state index in [1.54, 1.807) is 0 Å². The predicted molar refractivity (Wildman–Crippen MR) is 110 cm³/mol. The van der Waals surface area contributed by atoms with E-state index in [0.717, 1.165) is 32.5 Å². The van der Waals surface area contributed by atoms with E-state index < -0.39 is 0 Å². The SMILES string of the molecule is O=C(NCc1cccc2ccccc12)C1CCN(Cc2ccccc2)CC1. The van der Waals surface area contributed by atoms with Gasteiger partial charge in [-0.15, -0.1) is 0 Å². The van der Waals surface area contributed by atoms with E-state index in [0.29, 0.717) is 6.54 Å². The molecule has 3 aromatic carbocycles. The summed E-state index contributed by atoms with van der Waals surface area (Å²) in [6.45, 7) is 3.55. The van der Waals surface area contributed by atoms with Crippen LogP contribution in [-0.4, -0.2) is 23.9 Å². The minimum Gasteiger partial charge on any atom is -0.352 e. The Labute approximate surface area is 161 Å². The molecule has 1 heterocycles. The number of nitrogens with zero attached hydrogens (tertiary/aromatic N) is 1. The Hall–Kier alpha value is -2.65. The van der Waals surface area contributed by atoms with E-state index in [1.165, 1.54) is 21.9 Å². The molecule has 3 aromatic rings. The van der Waals surface area contributed by atoms with Crippen molar-refractivity contribution in [3.8, 4) is 0 Å². The summed E-state index contributed by atoms with van der Waals surface area (Å²) in [5.41, 5.74) is 2.53. The Balaban J connectivity index is 1.29. The van der Waals surface area contributed by atoms with Gasteiger partial charge in [0.25, 0.3) is 0 Å². The van der Waals surface area contributed by atoms with Gasteiger partial charge >= 0.3 is 0 Å². The Kier molecular flexibility index (Phi) is 5.50. The van der Waals surface area contributed by atoms with Crippen molar-refractivity contribution in [1.82, 2.24) is 10.2 Å². The lowest BCUT2D eigenvalue weighted by Gasteiger charge is -2.31. The van der Waals surface area contributed by atoms with E-state index in [4.69, 9.17) is 0 Å². The molecule has 3 heteroatoms. The number of amides is 1. The molecular weight excluding hydrogens is 332 g/mol. The fourth-order valence-electron chi connectivity index (χ4n) is 3.97. The van der Waals surface area contributed by atoms with Crippen LogP contribution in [0.4, 0.5) is 0 Å². The second-order valence-corrected chi connectivity index (χ2v) is 7.39. The molecule has 27 heavy (non-hydrogen) atoms. The Morgan fingerprint density at radius 3 is 2.41 bits per heavy atom. The smallest absolute Gasteiger partial charge is 0.223 e. The summed E-state index contributed by atoms with van der Waals surface area (Å²) in [5.74, 6) is 0.328. The average molecular weight is 358 g/mol. The molecule has 1 fully saturated rings. The molecule has 0 saturated carbocycles. The van der Waals surface area contributed by atoms with Crippen molar-refractivity contribution in [1.29, 1.82) is 0 Å². The number of fused-ring (bicyclic) bond motifs is 1. The lowest BCUT2D eigenvalue weighted by Crippen LogP contribution is -2.40. The number of hydrogen-bond acceptors (Lipinski definition) is 2. The summed E-state index contributed by atoms with van der Waals surface area (Å²) < 4.78 is 0. The highest BCUT2D eigenvalue weighted by molar-refractivity contribution is 5.86. The Bertz CT molecular complexity index is 893. The van der Waals surface area contributed by atoms with E-state index in [2.05, 4.69) is 76.9 Å². The maximum Gasteiger partial charge on any atom is 0.223 e. The molecule has 0 radical (unpaired) electrons. The van der Waals surface area contributed by atoms with Crippen LogP contribution >= 0.6 is 0 Å². The number of benzene rings is 3. The molecule has 0 bridgehead atoms. The molecule has 1 N–H and O–H groups in total. The highest BCUT2D eigenvalue weighted by Crippen LogP contribution is 2.21. The van der Waals surface area contributed by atoms with Crippen LogP contribution in [0.1, 0.15) is 24.0 Å². The number of hydrogen-bond donors (Lipinski definition) is 1. The van der Waals surface area contributed by atoms with Crippen molar-refractivity contribution in [2.45, 2.75) is 25.9 Å². The van der Waals surface area contributed by atoms with Crippen LogP contribution in [0.15, 0.2) is 72.8 Å². The van der Waals surface area contributed by atoms with Crippen LogP contribution in [0.2, 0.25) is 0 Å². The minimum atomic E-state index is 0.131. The quantitative estimate of drug-likeness (QED) is 0.735. The van der Waals surface area contributed by atoms with E-state index >= 15 is 0 Å². The molecule has 3 nitrogen and oxygen atoms in total. The largest absolute Gasteiger partial charge is 0.352 e. The van der Waals surface area contributed by atoms with Crippen LogP contribution in [0, 0.1) is 5.92 Å². The first-order chi connectivity index (χ1) is 13.3. The van der Waals surface area contributed by atoms with Crippen molar-refractivity contribution >= 4 is 16.7 Å². The average Bonchev–Trinajstić information content (AvgIpc) is 2.73. The molecule has 4 rings (SSSR count). The zero-order valence-corrected chi connectivity index (χ0v) is 15.6. The van der Waals surface area contributed by atoms with Gasteiger partial charge in [0.05, 0.1) is 0 Å². The van der Waals surface area contributed by atoms with Gasteiger partial charge in [-0.05, 0) is 47.8 Å². The van der Waals surface area contributed by atoms with Crippen molar-refractivity contribution in [2.75, 3.05) is 13.1 Å². The van der Waals surface area contributed by atoms with Gasteiger partial charge in [-0.1, -0.05) is 72.8 Å². The minimum absolute atomic E-state index is 0.131. The van der Waals surface area contributed by atoms with Crippen molar-refractivity contribution in [3.63, 3.8) is 0 Å². The van der Waals surface area contributed by atoms with Crippen molar-refractivity contribution in [2.24, 2.45) is 5.92 Å². The third-order valence-corrected chi connectivity index (χ3v) is 5.54. The van der Waals surface area contributed by atoms with Gasteiger partial charge in [-0.25, -0.2) is 0 Å². The maximum atomic E-state index is 12.6. The normalized spacial score (nSPS) is 15.7. The molecule has 0 spiro atoms. The highest BCUT2D eigenvalue weighted by atomic mass is 16.1. The second-order valence-electron chi connectivity index (χ2n) is 7.39. The van der Waals surface area contributed by atoms with Gasteiger partial charge in [0.15, 0.2) is 0 Å². The molecule has 0 atom stereocenters. The number of piperidine rings is 1. The number of likely N-dealkylation sites (tertiary alicyclic amines) is 1. The highest BCUT2D eigenvalue weighted by Gasteiger charge is 2.24. The van der Waals surface area contributed by atoms with Gasteiger partial charge in [0, 0.05) is 19.0 Å². The van der Waals surface area contributed by atoms with E-state index in [9.17, 15) is 4.79 Å². The Morgan fingerprint density at radius 1 is 0.889 bits per heavy atom. The van der Waals surface area contributed by atoms with Crippen LogP contribution in [0.25, 0.3) is 10.8 Å². The molecule has 0 unspecified atom stereocenters. The number of carbonyl (C=O) groups excluding carboxylic acids is 1. The fourth-order valence-corrected chi connectivity index (χ4v) is 3.97. The summed E-state index contributed by atoms with van der Waals surface area (Å²) in [7, 11) is 0. The number of nitrogens with one attached hydrogen (secondary N) is 1. The topological polar surface area (TPSA) is 32.3 Å². The Morgan fingerprint density at radius 2 is 1.59 bits per heavy atom. The van der Waals surface area contributed by atoms with E-state index in [-0.39, 0.29) is 11.8 Å². The van der Waals surface area contributed by atoms with E-state index in [1.807, 2.05) is 6.07 Å². The standard InChI is InChI=1S/C24H26N2O/c27-24(25-17-22-11-6-10-20-9-4-5-12-23(20)22)21-13-15-26(16-14-21)18-19-7-2-1-3-8-19/h1-12,21H,13-18H2,(H,25,27). The summed E-state index contributed by atoms with van der Waals surface area (Å²) in [6.07, 6.45) is 1.88. The van der Waals surface area contributed by atoms with Crippen LogP contribution < -0.4 is 5.32 Å². The zero-order valence-electron chi connectivity index (χ0n) is 15.6. The number of rotatable bonds is 5. The summed E-state index contributed by atoms with van der Waals surface area (Å²) in [4.78, 5) is 15.1. The molecule has 138 valence electrons. The van der Waals surface area contributed by atoms with Crippen LogP contribution in [-0.2, 0) is 17.9 Å². The second kappa shape index (κ2) is 8.36. The van der Waals surface area contributed by atoms with Gasteiger partial charge < -0.3 is 5.32 Å². The summed E-state index contributed by atoms with van der Waals surface area (Å²) >= 11 is 0. The third-order valence-electron chi connectivity index (χ3n) is 5.54. The maximum absolute atomic E-state index is 12.6. The molecule has 0 aliphatic carbocycles. The molecule has 1 aliphatic rings. The first kappa shape index (κ1) is 17.7. The number of carbonyl (C=O) groups is 1. The molecule has 1 amide bonds. The van der Waals surface area contributed by atoms with Crippen molar-refractivity contribution in [3.05, 3.63) is 83.9 Å². The third kappa shape index (κ3) is 4.37. The zero-order chi connectivity index (χ0) is 18.5. The van der Waals surface area contributed by atoms with Gasteiger partial charge in [0.2, 0.25) is 5.91 Å². The van der Waals surface area contributed by atoms with Gasteiger partial charge in [-0.2, -0.15) is 0 Å². The first-order valence-electron chi connectivity index (χ1n) is 9.80. The van der Waals surface area contributed by atoms with Crippen LogP contribution in [0.3, 0.4) is 0 Å². The first-order valence-corrected chi connectivity index (χ1v) is 9.80. The fraction of sp³-hybridized carbons (Fsp3) is 0.292. The van der Waals surface area contributed by atoms with Gasteiger partial charge in [-0.3, -0.25) is 9.69 Å². The lowest BCUT2D eigenvalue weighted by atomic mass is 9.95. The monoisotopic (exact) mass is 358 g/mol. The molecule has 0 aromatic heterocycles. The van der Waals surface area contributed by atoms with Crippen molar-refractivity contribution < 1.29 is 4.79 Å². The van der Waals surface area contributed by atoms with Crippen LogP contribution in [0.5, 0.6) is 0 Å². The van der Waals surface area contributed by atoms with Gasteiger partial charge in [0.1, 0.15) is 0 Å². The predicted octanol–water partition coefficient (Wildman–Crippen LogP) is 4.37. The summed E-state index contributed by atoms with van der Waals surface area (Å²) in [6, 6.07) is 25.2. The lowest BCUT2D eigenvalue weighted by molar-refractivity contribution is -0.126. The molecule has 1 saturated heterocycles. The summed E-state index contributed by atoms with van der Waals surface area (Å²) in [5, 5.41) is 5.61. The molecule has 1 aliphatic heterocycles.